The van der Waals surface area contributed by atoms with Crippen molar-refractivity contribution >= 4 is 23.4 Å². The molecule has 1 heterocycles. The molecule has 0 saturated heterocycles. The van der Waals surface area contributed by atoms with E-state index in [9.17, 15) is 0 Å². The van der Waals surface area contributed by atoms with Gasteiger partial charge in [0, 0.05) is 10.8 Å². The lowest BCUT2D eigenvalue weighted by molar-refractivity contribution is 0.640. The highest BCUT2D eigenvalue weighted by Gasteiger charge is 2.17. The van der Waals surface area contributed by atoms with E-state index in [0.717, 1.165) is 10.6 Å². The lowest BCUT2D eigenvalue weighted by Crippen LogP contribution is -2.08. The second-order valence-corrected chi connectivity index (χ2v) is 6.33. The molecule has 0 aliphatic rings. The van der Waals surface area contributed by atoms with Gasteiger partial charge in [0.15, 0.2) is 0 Å². The third kappa shape index (κ3) is 3.36. The number of aromatic nitrogens is 2. The Kier molecular flexibility index (Phi) is 5.06. The Morgan fingerprint density at radius 1 is 1.12 bits per heavy atom. The van der Waals surface area contributed by atoms with Gasteiger partial charge in [-0.2, -0.15) is 0 Å². The standard InChI is InChI=1S/C12H19ClN2S/c1-7(2)9(5)16-12-10(8(3)4)11(13)14-6-15-12/h6-9H,1-5H3. The summed E-state index contributed by atoms with van der Waals surface area (Å²) in [6, 6.07) is 0. The first kappa shape index (κ1) is 13.8. The largest absolute Gasteiger partial charge is 0.230 e. The number of hydrogen-bond acceptors (Lipinski definition) is 3. The summed E-state index contributed by atoms with van der Waals surface area (Å²) in [6.45, 7) is 10.9. The van der Waals surface area contributed by atoms with Crippen LogP contribution < -0.4 is 0 Å². The summed E-state index contributed by atoms with van der Waals surface area (Å²) in [6.07, 6.45) is 1.55. The van der Waals surface area contributed by atoms with Crippen LogP contribution in [0.3, 0.4) is 0 Å². The molecule has 1 rings (SSSR count). The minimum Gasteiger partial charge on any atom is -0.230 e. The fourth-order valence-corrected chi connectivity index (χ4v) is 2.85. The molecule has 0 spiro atoms. The van der Waals surface area contributed by atoms with Crippen molar-refractivity contribution in [1.29, 1.82) is 0 Å². The third-order valence-electron chi connectivity index (χ3n) is 2.61. The maximum absolute atomic E-state index is 6.12. The van der Waals surface area contributed by atoms with Gasteiger partial charge in [0.05, 0.1) is 0 Å². The van der Waals surface area contributed by atoms with E-state index in [0.29, 0.717) is 22.2 Å². The molecule has 0 saturated carbocycles. The fourth-order valence-electron chi connectivity index (χ4n) is 1.25. The van der Waals surface area contributed by atoms with Gasteiger partial charge in [-0.3, -0.25) is 0 Å². The molecule has 1 unspecified atom stereocenters. The SMILES string of the molecule is CC(C)c1c(Cl)ncnc1SC(C)C(C)C. The maximum Gasteiger partial charge on any atom is 0.137 e. The van der Waals surface area contributed by atoms with Crippen molar-refractivity contribution in [3.63, 3.8) is 0 Å². The zero-order valence-electron chi connectivity index (χ0n) is 10.5. The van der Waals surface area contributed by atoms with E-state index in [1.165, 1.54) is 0 Å². The van der Waals surface area contributed by atoms with Crippen LogP contribution in [0.15, 0.2) is 11.4 Å². The number of rotatable bonds is 4. The van der Waals surface area contributed by atoms with Gasteiger partial charge in [0.1, 0.15) is 16.5 Å². The molecule has 0 aromatic carbocycles. The molecular formula is C12H19ClN2S. The number of nitrogens with zero attached hydrogens (tertiary/aromatic N) is 2. The number of halogens is 1. The molecule has 90 valence electrons. The maximum atomic E-state index is 6.12. The Morgan fingerprint density at radius 2 is 1.75 bits per heavy atom. The molecule has 0 N–H and O–H groups in total. The lowest BCUT2D eigenvalue weighted by Gasteiger charge is -2.18. The third-order valence-corrected chi connectivity index (χ3v) is 4.38. The van der Waals surface area contributed by atoms with Crippen molar-refractivity contribution < 1.29 is 0 Å². The van der Waals surface area contributed by atoms with Crippen molar-refractivity contribution in [1.82, 2.24) is 9.97 Å². The Balaban J connectivity index is 2.99. The Bertz CT molecular complexity index is 353. The molecule has 1 aromatic heterocycles. The molecule has 1 atom stereocenters. The normalized spacial score (nSPS) is 13.5. The summed E-state index contributed by atoms with van der Waals surface area (Å²) < 4.78 is 0. The first-order valence-corrected chi connectivity index (χ1v) is 6.86. The van der Waals surface area contributed by atoms with Gasteiger partial charge in [0.25, 0.3) is 0 Å². The highest BCUT2D eigenvalue weighted by Crippen LogP contribution is 2.34. The Morgan fingerprint density at radius 3 is 2.25 bits per heavy atom. The van der Waals surface area contributed by atoms with E-state index >= 15 is 0 Å². The summed E-state index contributed by atoms with van der Waals surface area (Å²) >= 11 is 7.91. The monoisotopic (exact) mass is 258 g/mol. The predicted molar refractivity (Wildman–Crippen MR) is 71.3 cm³/mol. The van der Waals surface area contributed by atoms with Crippen LogP contribution in [0, 0.1) is 5.92 Å². The molecule has 0 aliphatic heterocycles. The van der Waals surface area contributed by atoms with Gasteiger partial charge in [-0.25, -0.2) is 9.97 Å². The average molecular weight is 259 g/mol. The summed E-state index contributed by atoms with van der Waals surface area (Å²) in [5.41, 5.74) is 1.07. The van der Waals surface area contributed by atoms with Crippen LogP contribution in [0.5, 0.6) is 0 Å². The van der Waals surface area contributed by atoms with E-state index < -0.39 is 0 Å². The van der Waals surface area contributed by atoms with Gasteiger partial charge >= 0.3 is 0 Å². The molecule has 4 heteroatoms. The highest BCUT2D eigenvalue weighted by atomic mass is 35.5. The van der Waals surface area contributed by atoms with Crippen molar-refractivity contribution in [3.8, 4) is 0 Å². The summed E-state index contributed by atoms with van der Waals surface area (Å²) in [5, 5.41) is 2.14. The molecule has 0 fully saturated rings. The van der Waals surface area contributed by atoms with E-state index in [1.807, 2.05) is 0 Å². The number of thioether (sulfide) groups is 1. The second-order valence-electron chi connectivity index (χ2n) is 4.60. The van der Waals surface area contributed by atoms with E-state index in [1.54, 1.807) is 18.1 Å². The minimum atomic E-state index is 0.357. The van der Waals surface area contributed by atoms with Crippen molar-refractivity contribution in [2.75, 3.05) is 0 Å². The van der Waals surface area contributed by atoms with Gasteiger partial charge in [-0.05, 0) is 11.8 Å². The van der Waals surface area contributed by atoms with Crippen LogP contribution in [-0.4, -0.2) is 15.2 Å². The molecule has 2 nitrogen and oxygen atoms in total. The average Bonchev–Trinajstić information content (AvgIpc) is 2.16. The predicted octanol–water partition coefficient (Wildman–Crippen LogP) is 4.39. The van der Waals surface area contributed by atoms with Crippen LogP contribution >= 0.6 is 23.4 Å². The van der Waals surface area contributed by atoms with Crippen molar-refractivity contribution in [3.05, 3.63) is 17.0 Å². The Labute approximate surface area is 107 Å². The first-order chi connectivity index (χ1) is 7.43. The van der Waals surface area contributed by atoms with E-state index in [2.05, 4.69) is 44.6 Å². The molecule has 0 radical (unpaired) electrons. The zero-order valence-corrected chi connectivity index (χ0v) is 12.1. The van der Waals surface area contributed by atoms with Gasteiger partial charge in [0.2, 0.25) is 0 Å². The molecule has 0 aliphatic carbocycles. The minimum absolute atomic E-state index is 0.357. The van der Waals surface area contributed by atoms with Crippen molar-refractivity contribution in [2.24, 2.45) is 5.92 Å². The van der Waals surface area contributed by atoms with Gasteiger partial charge < -0.3 is 0 Å². The summed E-state index contributed by atoms with van der Waals surface area (Å²) in [4.78, 5) is 8.40. The van der Waals surface area contributed by atoms with E-state index in [4.69, 9.17) is 11.6 Å². The smallest absolute Gasteiger partial charge is 0.137 e. The van der Waals surface area contributed by atoms with Crippen LogP contribution in [-0.2, 0) is 0 Å². The van der Waals surface area contributed by atoms with Gasteiger partial charge in [-0.1, -0.05) is 46.2 Å². The topological polar surface area (TPSA) is 25.8 Å². The van der Waals surface area contributed by atoms with Crippen LogP contribution in [0.2, 0.25) is 5.15 Å². The lowest BCUT2D eigenvalue weighted by atomic mass is 10.1. The van der Waals surface area contributed by atoms with Crippen LogP contribution in [0.1, 0.15) is 46.1 Å². The first-order valence-electron chi connectivity index (χ1n) is 5.60. The Hall–Kier alpha value is -0.280. The molecule has 16 heavy (non-hydrogen) atoms. The van der Waals surface area contributed by atoms with Crippen molar-refractivity contribution in [2.45, 2.75) is 50.8 Å². The molecule has 0 amide bonds. The molecule has 0 bridgehead atoms. The van der Waals surface area contributed by atoms with Crippen LogP contribution in [0.25, 0.3) is 0 Å². The highest BCUT2D eigenvalue weighted by molar-refractivity contribution is 7.99. The molecule has 1 aromatic rings. The zero-order chi connectivity index (χ0) is 12.3. The van der Waals surface area contributed by atoms with E-state index in [-0.39, 0.29) is 0 Å². The fraction of sp³-hybridized carbons (Fsp3) is 0.667. The summed E-state index contributed by atoms with van der Waals surface area (Å²) in [7, 11) is 0. The van der Waals surface area contributed by atoms with Gasteiger partial charge in [-0.15, -0.1) is 11.8 Å². The number of hydrogen-bond donors (Lipinski definition) is 0. The summed E-state index contributed by atoms with van der Waals surface area (Å²) in [5.74, 6) is 0.981. The quantitative estimate of drug-likeness (QED) is 0.592. The molecular weight excluding hydrogens is 240 g/mol. The second kappa shape index (κ2) is 5.87. The van der Waals surface area contributed by atoms with Crippen LogP contribution in [0.4, 0.5) is 0 Å².